The molecule has 0 aliphatic carbocycles. The van der Waals surface area contributed by atoms with Gasteiger partial charge in [-0.05, 0) is 18.2 Å². The average molecular weight is 364 g/mol. The van der Waals surface area contributed by atoms with E-state index in [0.29, 0.717) is 10.9 Å². The van der Waals surface area contributed by atoms with Gasteiger partial charge in [0, 0.05) is 56.1 Å². The van der Waals surface area contributed by atoms with Gasteiger partial charge in [0.15, 0.2) is 0 Å². The zero-order chi connectivity index (χ0) is 17.7. The highest BCUT2D eigenvalue weighted by Gasteiger charge is 2.32. The van der Waals surface area contributed by atoms with Crippen LogP contribution in [0.2, 0.25) is 5.02 Å². The van der Waals surface area contributed by atoms with Crippen LogP contribution in [0.4, 0.5) is 5.82 Å². The van der Waals surface area contributed by atoms with Crippen molar-refractivity contribution in [2.45, 2.75) is 6.42 Å². The molecule has 1 aromatic carbocycles. The number of aliphatic imine (C=N–C) groups is 1. The molecule has 0 radical (unpaired) electrons. The molecule has 0 unspecified atom stereocenters. The molecule has 1 saturated heterocycles. The number of rotatable bonds is 3. The van der Waals surface area contributed by atoms with Crippen LogP contribution in [-0.2, 0) is 7.05 Å². The number of imidazole rings is 1. The molecule has 5 nitrogen and oxygen atoms in total. The molecule has 3 aromatic rings. The normalized spacial score (nSPS) is 17.0. The fourth-order valence-electron chi connectivity index (χ4n) is 3.68. The van der Waals surface area contributed by atoms with Crippen LogP contribution < -0.4 is 4.90 Å². The summed E-state index contributed by atoms with van der Waals surface area (Å²) in [6, 6.07) is 10.2. The lowest BCUT2D eigenvalue weighted by Crippen LogP contribution is -2.50. The molecule has 0 saturated carbocycles. The van der Waals surface area contributed by atoms with Gasteiger partial charge in [-0.15, -0.1) is 0 Å². The summed E-state index contributed by atoms with van der Waals surface area (Å²) < 4.78 is 2.08. The third-order valence-electron chi connectivity index (χ3n) is 5.22. The van der Waals surface area contributed by atoms with Crippen LogP contribution in [0.1, 0.15) is 6.42 Å². The molecular formula is C20H18ClN5. The second-order valence-electron chi connectivity index (χ2n) is 6.82. The molecule has 2 aliphatic heterocycles. The molecule has 130 valence electrons. The zero-order valence-corrected chi connectivity index (χ0v) is 15.2. The van der Waals surface area contributed by atoms with E-state index >= 15 is 0 Å². The van der Waals surface area contributed by atoms with Crippen LogP contribution in [0.25, 0.3) is 22.4 Å². The first-order valence-electron chi connectivity index (χ1n) is 8.74. The summed E-state index contributed by atoms with van der Waals surface area (Å²) in [5, 5.41) is 0.619. The van der Waals surface area contributed by atoms with Crippen molar-refractivity contribution >= 4 is 34.2 Å². The summed E-state index contributed by atoms with van der Waals surface area (Å²) >= 11 is 6.47. The van der Waals surface area contributed by atoms with E-state index in [1.807, 2.05) is 31.4 Å². The maximum absolute atomic E-state index is 6.47. The molecule has 0 bridgehead atoms. The van der Waals surface area contributed by atoms with Crippen molar-refractivity contribution in [1.29, 1.82) is 0 Å². The van der Waals surface area contributed by atoms with Gasteiger partial charge in [0.25, 0.3) is 0 Å². The molecule has 5 rings (SSSR count). The molecule has 26 heavy (non-hydrogen) atoms. The third-order valence-corrected chi connectivity index (χ3v) is 5.52. The summed E-state index contributed by atoms with van der Waals surface area (Å²) in [5.41, 5.74) is 4.26. The Bertz CT molecular complexity index is 1060. The average Bonchev–Trinajstić information content (AvgIpc) is 3.24. The van der Waals surface area contributed by atoms with Gasteiger partial charge in [-0.1, -0.05) is 29.8 Å². The van der Waals surface area contributed by atoms with Crippen LogP contribution in [0.15, 0.2) is 53.8 Å². The molecule has 0 atom stereocenters. The van der Waals surface area contributed by atoms with Crippen LogP contribution >= 0.6 is 11.6 Å². The Morgan fingerprint density at radius 3 is 2.81 bits per heavy atom. The largest absolute Gasteiger partial charge is 0.355 e. The highest BCUT2D eigenvalue weighted by Crippen LogP contribution is 2.34. The lowest BCUT2D eigenvalue weighted by atomic mass is 9.93. The van der Waals surface area contributed by atoms with Gasteiger partial charge in [-0.25, -0.2) is 9.97 Å². The fourth-order valence-corrected chi connectivity index (χ4v) is 3.87. The number of aryl methyl sites for hydroxylation is 1. The topological polar surface area (TPSA) is 46.3 Å². The highest BCUT2D eigenvalue weighted by atomic mass is 35.5. The highest BCUT2D eigenvalue weighted by molar-refractivity contribution is 6.33. The fraction of sp³-hybridized carbons (Fsp3) is 0.250. The Morgan fingerprint density at radius 1 is 1.19 bits per heavy atom. The number of aromatic nitrogens is 3. The van der Waals surface area contributed by atoms with Gasteiger partial charge in [0.05, 0.1) is 16.1 Å². The summed E-state index contributed by atoms with van der Waals surface area (Å²) in [6.45, 7) is 1.91. The predicted octanol–water partition coefficient (Wildman–Crippen LogP) is 4.08. The zero-order valence-electron chi connectivity index (χ0n) is 14.4. The number of hydrogen-bond acceptors (Lipinski definition) is 4. The standard InChI is InChI=1S/C20H18ClN5/c1-25-18-7-3-2-5-17(18)24-20(25)14-9-19(23-10-15(14)21)26-11-13(12-26)16-6-4-8-22-16/h2-5,7-10,13H,6,11-12H2,1H3. The van der Waals surface area contributed by atoms with Crippen molar-refractivity contribution in [2.75, 3.05) is 18.0 Å². The lowest BCUT2D eigenvalue weighted by Gasteiger charge is -2.40. The Hall–Kier alpha value is -2.66. The van der Waals surface area contributed by atoms with Crippen molar-refractivity contribution in [3.63, 3.8) is 0 Å². The Labute approximate surface area is 156 Å². The third kappa shape index (κ3) is 2.42. The van der Waals surface area contributed by atoms with Gasteiger partial charge in [-0.2, -0.15) is 0 Å². The Morgan fingerprint density at radius 2 is 2.04 bits per heavy atom. The first-order chi connectivity index (χ1) is 12.7. The number of benzene rings is 1. The molecule has 2 aromatic heterocycles. The quantitative estimate of drug-likeness (QED) is 0.704. The first kappa shape index (κ1) is 15.6. The van der Waals surface area contributed by atoms with Gasteiger partial charge in [0.1, 0.15) is 11.6 Å². The number of nitrogens with zero attached hydrogens (tertiary/aromatic N) is 5. The van der Waals surface area contributed by atoms with E-state index in [2.05, 4.69) is 37.7 Å². The molecule has 6 heteroatoms. The second kappa shape index (κ2) is 5.95. The maximum atomic E-state index is 6.47. The Kier molecular flexibility index (Phi) is 3.57. The molecule has 0 spiro atoms. The minimum absolute atomic E-state index is 0.529. The van der Waals surface area contributed by atoms with Crippen molar-refractivity contribution in [3.8, 4) is 11.4 Å². The number of fused-ring (bicyclic) bond motifs is 1. The van der Waals surface area contributed by atoms with E-state index in [0.717, 1.165) is 47.7 Å². The lowest BCUT2D eigenvalue weighted by molar-refractivity contribution is 0.513. The number of halogens is 1. The van der Waals surface area contributed by atoms with Gasteiger partial charge >= 0.3 is 0 Å². The molecule has 1 fully saturated rings. The summed E-state index contributed by atoms with van der Waals surface area (Å²) in [4.78, 5) is 16.0. The van der Waals surface area contributed by atoms with Crippen molar-refractivity contribution in [2.24, 2.45) is 18.0 Å². The molecular weight excluding hydrogens is 346 g/mol. The van der Waals surface area contributed by atoms with Crippen LogP contribution in [0, 0.1) is 5.92 Å². The van der Waals surface area contributed by atoms with E-state index in [-0.39, 0.29) is 0 Å². The van der Waals surface area contributed by atoms with Gasteiger partial charge < -0.3 is 9.47 Å². The van der Waals surface area contributed by atoms with E-state index in [1.54, 1.807) is 6.20 Å². The molecule has 4 heterocycles. The Balaban J connectivity index is 1.46. The smallest absolute Gasteiger partial charge is 0.142 e. The molecule has 0 amide bonds. The predicted molar refractivity (Wildman–Crippen MR) is 106 cm³/mol. The first-order valence-corrected chi connectivity index (χ1v) is 9.12. The summed E-state index contributed by atoms with van der Waals surface area (Å²) in [7, 11) is 2.02. The van der Waals surface area contributed by atoms with Crippen molar-refractivity contribution < 1.29 is 0 Å². The monoisotopic (exact) mass is 363 g/mol. The number of allylic oxidation sites excluding steroid dienone is 1. The van der Waals surface area contributed by atoms with Crippen LogP contribution in [0.5, 0.6) is 0 Å². The van der Waals surface area contributed by atoms with E-state index in [9.17, 15) is 0 Å². The number of hydrogen-bond donors (Lipinski definition) is 0. The second-order valence-corrected chi connectivity index (χ2v) is 7.22. The SMILES string of the molecule is Cn1c(-c2cc(N3CC(C4=NC=CC4)C3)ncc2Cl)nc2ccccc21. The van der Waals surface area contributed by atoms with Gasteiger partial charge in [-0.3, -0.25) is 4.99 Å². The van der Waals surface area contributed by atoms with Crippen molar-refractivity contribution in [3.05, 3.63) is 53.8 Å². The molecule has 0 N–H and O–H groups in total. The van der Waals surface area contributed by atoms with Gasteiger partial charge in [0.2, 0.25) is 0 Å². The van der Waals surface area contributed by atoms with E-state index in [1.165, 1.54) is 5.71 Å². The number of pyridine rings is 1. The number of anilines is 1. The minimum Gasteiger partial charge on any atom is -0.355 e. The van der Waals surface area contributed by atoms with E-state index in [4.69, 9.17) is 16.6 Å². The van der Waals surface area contributed by atoms with Crippen molar-refractivity contribution in [1.82, 2.24) is 14.5 Å². The van der Waals surface area contributed by atoms with E-state index < -0.39 is 0 Å². The molecule has 2 aliphatic rings. The van der Waals surface area contributed by atoms with Crippen LogP contribution in [-0.4, -0.2) is 33.3 Å². The summed E-state index contributed by atoms with van der Waals surface area (Å²) in [6.07, 6.45) is 6.73. The minimum atomic E-state index is 0.529. The van der Waals surface area contributed by atoms with Crippen LogP contribution in [0.3, 0.4) is 0 Å². The summed E-state index contributed by atoms with van der Waals surface area (Å²) in [5.74, 6) is 2.34. The maximum Gasteiger partial charge on any atom is 0.142 e. The number of para-hydroxylation sites is 2.